The Labute approximate surface area is 147 Å². The van der Waals surface area contributed by atoms with E-state index in [0.717, 1.165) is 0 Å². The molecule has 0 spiro atoms. The molecule has 1 fully saturated rings. The SMILES string of the molecule is CCOC(=O)C1=C(C[C@@H](CC(=O)OC)C2(C)CO2)[C@@](C)(O)CCC1=O. The number of epoxide rings is 1. The maximum absolute atomic E-state index is 12.3. The van der Waals surface area contributed by atoms with Crippen molar-refractivity contribution in [2.45, 2.75) is 57.7 Å². The summed E-state index contributed by atoms with van der Waals surface area (Å²) in [4.78, 5) is 36.4. The monoisotopic (exact) mass is 354 g/mol. The van der Waals surface area contributed by atoms with Crippen molar-refractivity contribution in [3.05, 3.63) is 11.1 Å². The predicted molar refractivity (Wildman–Crippen MR) is 87.6 cm³/mol. The summed E-state index contributed by atoms with van der Waals surface area (Å²) in [6, 6.07) is 0. The van der Waals surface area contributed by atoms with Crippen LogP contribution in [0.3, 0.4) is 0 Å². The Morgan fingerprint density at radius 3 is 2.52 bits per heavy atom. The van der Waals surface area contributed by atoms with Crippen molar-refractivity contribution in [1.29, 1.82) is 0 Å². The van der Waals surface area contributed by atoms with E-state index in [1.165, 1.54) is 7.11 Å². The second-order valence-electron chi connectivity index (χ2n) is 7.05. The third kappa shape index (κ3) is 4.27. The predicted octanol–water partition coefficient (Wildman–Crippen LogP) is 1.32. The Bertz CT molecular complexity index is 599. The molecule has 1 heterocycles. The van der Waals surface area contributed by atoms with Crippen LogP contribution in [0.15, 0.2) is 11.1 Å². The molecule has 2 aliphatic rings. The number of ketones is 1. The van der Waals surface area contributed by atoms with Crippen LogP contribution in [-0.2, 0) is 28.6 Å². The van der Waals surface area contributed by atoms with Crippen molar-refractivity contribution >= 4 is 17.7 Å². The average molecular weight is 354 g/mol. The van der Waals surface area contributed by atoms with E-state index in [9.17, 15) is 19.5 Å². The molecule has 1 aliphatic heterocycles. The fourth-order valence-corrected chi connectivity index (χ4v) is 3.22. The average Bonchev–Trinajstić information content (AvgIpc) is 3.29. The number of aliphatic hydroxyl groups is 1. The lowest BCUT2D eigenvalue weighted by Gasteiger charge is -2.35. The quantitative estimate of drug-likeness (QED) is 0.418. The second kappa shape index (κ2) is 7.25. The van der Waals surface area contributed by atoms with Gasteiger partial charge in [-0.05, 0) is 39.2 Å². The molecule has 1 aliphatic carbocycles. The molecule has 7 nitrogen and oxygen atoms in total. The number of hydrogen-bond acceptors (Lipinski definition) is 7. The first-order valence-electron chi connectivity index (χ1n) is 8.51. The number of Topliss-reactive ketones (excluding diaryl/α,β-unsaturated/α-hetero) is 1. The van der Waals surface area contributed by atoms with E-state index in [4.69, 9.17) is 14.2 Å². The molecule has 1 unspecified atom stereocenters. The van der Waals surface area contributed by atoms with Crippen LogP contribution in [0, 0.1) is 5.92 Å². The minimum absolute atomic E-state index is 0.0802. The largest absolute Gasteiger partial charge is 0.469 e. The highest BCUT2D eigenvalue weighted by atomic mass is 16.6. The molecule has 0 amide bonds. The summed E-state index contributed by atoms with van der Waals surface area (Å²) < 4.78 is 15.2. The van der Waals surface area contributed by atoms with Gasteiger partial charge in [-0.25, -0.2) is 4.79 Å². The van der Waals surface area contributed by atoms with Crippen LogP contribution in [-0.4, -0.2) is 54.4 Å². The molecule has 1 saturated heterocycles. The van der Waals surface area contributed by atoms with Gasteiger partial charge < -0.3 is 19.3 Å². The summed E-state index contributed by atoms with van der Waals surface area (Å²) in [6.45, 7) is 5.72. The number of ether oxygens (including phenoxy) is 3. The van der Waals surface area contributed by atoms with Gasteiger partial charge in [-0.1, -0.05) is 0 Å². The molecule has 2 rings (SSSR count). The lowest BCUT2D eigenvalue weighted by molar-refractivity contribution is -0.142. The Kier molecular flexibility index (Phi) is 5.68. The highest BCUT2D eigenvalue weighted by Gasteiger charge is 2.50. The Balaban J connectivity index is 2.40. The van der Waals surface area contributed by atoms with Crippen LogP contribution < -0.4 is 0 Å². The molecule has 0 aromatic heterocycles. The molecule has 3 atom stereocenters. The Hall–Kier alpha value is -1.73. The summed E-state index contributed by atoms with van der Waals surface area (Å²) in [5.74, 6) is -1.77. The van der Waals surface area contributed by atoms with Crippen molar-refractivity contribution in [2.75, 3.05) is 20.3 Å². The maximum atomic E-state index is 12.3. The smallest absolute Gasteiger partial charge is 0.341 e. The van der Waals surface area contributed by atoms with Gasteiger partial charge in [-0.15, -0.1) is 0 Å². The van der Waals surface area contributed by atoms with Crippen molar-refractivity contribution < 1.29 is 33.7 Å². The lowest BCUT2D eigenvalue weighted by Crippen LogP contribution is -2.39. The van der Waals surface area contributed by atoms with Crippen LogP contribution >= 0.6 is 0 Å². The molecule has 140 valence electrons. The van der Waals surface area contributed by atoms with Crippen LogP contribution in [0.1, 0.15) is 46.5 Å². The molecular formula is C18H26O7. The second-order valence-corrected chi connectivity index (χ2v) is 7.05. The van der Waals surface area contributed by atoms with E-state index in [1.54, 1.807) is 13.8 Å². The van der Waals surface area contributed by atoms with Crippen LogP contribution in [0.4, 0.5) is 0 Å². The van der Waals surface area contributed by atoms with Gasteiger partial charge in [-0.3, -0.25) is 9.59 Å². The molecule has 0 radical (unpaired) electrons. The Morgan fingerprint density at radius 1 is 1.36 bits per heavy atom. The van der Waals surface area contributed by atoms with E-state index in [-0.39, 0.29) is 49.6 Å². The van der Waals surface area contributed by atoms with Gasteiger partial charge in [0.2, 0.25) is 0 Å². The summed E-state index contributed by atoms with van der Waals surface area (Å²) in [6.07, 6.45) is 0.585. The van der Waals surface area contributed by atoms with Crippen molar-refractivity contribution in [3.8, 4) is 0 Å². The molecule has 0 aromatic carbocycles. The third-order valence-corrected chi connectivity index (χ3v) is 5.10. The highest BCUT2D eigenvalue weighted by Crippen LogP contribution is 2.44. The zero-order valence-corrected chi connectivity index (χ0v) is 15.2. The Morgan fingerprint density at radius 2 is 2.00 bits per heavy atom. The van der Waals surface area contributed by atoms with E-state index < -0.39 is 23.1 Å². The van der Waals surface area contributed by atoms with E-state index >= 15 is 0 Å². The zero-order chi connectivity index (χ0) is 18.8. The first kappa shape index (κ1) is 19.6. The van der Waals surface area contributed by atoms with Gasteiger partial charge in [-0.2, -0.15) is 0 Å². The first-order chi connectivity index (χ1) is 11.6. The van der Waals surface area contributed by atoms with Crippen LogP contribution in [0.5, 0.6) is 0 Å². The number of carbonyl (C=O) groups excluding carboxylic acids is 3. The maximum Gasteiger partial charge on any atom is 0.341 e. The number of methoxy groups -OCH3 is 1. The first-order valence-corrected chi connectivity index (χ1v) is 8.51. The third-order valence-electron chi connectivity index (χ3n) is 5.10. The van der Waals surface area contributed by atoms with Crippen molar-refractivity contribution in [1.82, 2.24) is 0 Å². The fourth-order valence-electron chi connectivity index (χ4n) is 3.22. The summed E-state index contributed by atoms with van der Waals surface area (Å²) in [5, 5.41) is 10.8. The van der Waals surface area contributed by atoms with Gasteiger partial charge in [0.15, 0.2) is 5.78 Å². The number of esters is 2. The van der Waals surface area contributed by atoms with Crippen LogP contribution in [0.25, 0.3) is 0 Å². The number of hydrogen-bond donors (Lipinski definition) is 1. The molecule has 7 heteroatoms. The molecule has 1 N–H and O–H groups in total. The van der Waals surface area contributed by atoms with Crippen LogP contribution in [0.2, 0.25) is 0 Å². The van der Waals surface area contributed by atoms with E-state index in [2.05, 4.69) is 0 Å². The standard InChI is InChI=1S/C18H26O7/c1-5-24-16(21)15-12(17(2,22)7-6-13(15)19)8-11(9-14(20)23-4)18(3)10-25-18/h11,22H,5-10H2,1-4H3/t11-,17-,18?/m0/s1. The van der Waals surface area contributed by atoms with Gasteiger partial charge >= 0.3 is 11.9 Å². The lowest BCUT2D eigenvalue weighted by atomic mass is 9.73. The van der Waals surface area contributed by atoms with Gasteiger partial charge in [0, 0.05) is 12.3 Å². The summed E-state index contributed by atoms with van der Waals surface area (Å²) in [5.41, 5.74) is -1.60. The molecule has 0 saturated carbocycles. The summed E-state index contributed by atoms with van der Waals surface area (Å²) >= 11 is 0. The topological polar surface area (TPSA) is 102 Å². The summed E-state index contributed by atoms with van der Waals surface area (Å²) in [7, 11) is 1.30. The molecule has 0 aromatic rings. The van der Waals surface area contributed by atoms with Gasteiger partial charge in [0.25, 0.3) is 0 Å². The fraction of sp³-hybridized carbons (Fsp3) is 0.722. The van der Waals surface area contributed by atoms with Gasteiger partial charge in [0.1, 0.15) is 5.57 Å². The van der Waals surface area contributed by atoms with E-state index in [1.807, 2.05) is 6.92 Å². The molecule has 25 heavy (non-hydrogen) atoms. The minimum Gasteiger partial charge on any atom is -0.469 e. The van der Waals surface area contributed by atoms with Crippen molar-refractivity contribution in [2.24, 2.45) is 5.92 Å². The number of carbonyl (C=O) groups is 3. The number of rotatable bonds is 7. The van der Waals surface area contributed by atoms with E-state index in [0.29, 0.717) is 12.2 Å². The van der Waals surface area contributed by atoms with Gasteiger partial charge in [0.05, 0.1) is 37.9 Å². The molecular weight excluding hydrogens is 328 g/mol. The highest BCUT2D eigenvalue weighted by molar-refractivity contribution is 6.18. The van der Waals surface area contributed by atoms with Crippen molar-refractivity contribution in [3.63, 3.8) is 0 Å². The zero-order valence-electron chi connectivity index (χ0n) is 15.2. The minimum atomic E-state index is -1.31. The molecule has 0 bridgehead atoms. The normalized spacial score (nSPS) is 30.0.